The van der Waals surface area contributed by atoms with E-state index in [0.717, 1.165) is 19.4 Å². The largest absolute Gasteiger partial charge is 0.376 e. The van der Waals surface area contributed by atoms with Gasteiger partial charge in [-0.2, -0.15) is 0 Å². The molecule has 140 valence electrons. The minimum absolute atomic E-state index is 0.0341. The van der Waals surface area contributed by atoms with Crippen molar-refractivity contribution >= 4 is 11.7 Å². The van der Waals surface area contributed by atoms with Gasteiger partial charge in [0.1, 0.15) is 5.56 Å². The lowest BCUT2D eigenvalue weighted by molar-refractivity contribution is 0.0928. The standard InChI is InChI=1S/C19H21N5O3/c1-13-5-8-23(12-15-4-2-9-27-15)18(26)16(13)17(25)21-10-14-11-24-7-3-6-20-19(24)22-14/h3,5-8,11,15H,2,4,9-10,12H2,1H3,(H,21,25). The summed E-state index contributed by atoms with van der Waals surface area (Å²) in [5.74, 6) is 0.167. The van der Waals surface area contributed by atoms with Crippen LogP contribution in [0.3, 0.4) is 0 Å². The van der Waals surface area contributed by atoms with Crippen molar-refractivity contribution in [3.8, 4) is 0 Å². The second-order valence-corrected chi connectivity index (χ2v) is 6.71. The Morgan fingerprint density at radius 3 is 3.07 bits per heavy atom. The summed E-state index contributed by atoms with van der Waals surface area (Å²) in [4.78, 5) is 33.9. The minimum atomic E-state index is -0.399. The Bertz CT molecular complexity index is 1000. The van der Waals surface area contributed by atoms with Gasteiger partial charge in [0.15, 0.2) is 0 Å². The Balaban J connectivity index is 1.51. The molecule has 0 saturated carbocycles. The van der Waals surface area contributed by atoms with Crippen molar-refractivity contribution in [2.24, 2.45) is 0 Å². The molecule has 4 heterocycles. The number of amides is 1. The molecule has 1 aliphatic rings. The van der Waals surface area contributed by atoms with Gasteiger partial charge in [-0.05, 0) is 37.5 Å². The average molecular weight is 367 g/mol. The number of hydrogen-bond acceptors (Lipinski definition) is 5. The number of carbonyl (C=O) groups is 1. The van der Waals surface area contributed by atoms with Gasteiger partial charge in [0.25, 0.3) is 11.5 Å². The molecule has 1 fully saturated rings. The molecule has 1 amide bonds. The number of hydrogen-bond donors (Lipinski definition) is 1. The van der Waals surface area contributed by atoms with Crippen molar-refractivity contribution in [1.29, 1.82) is 0 Å². The molecule has 0 aliphatic carbocycles. The Morgan fingerprint density at radius 2 is 2.30 bits per heavy atom. The predicted molar refractivity (Wildman–Crippen MR) is 98.6 cm³/mol. The first kappa shape index (κ1) is 17.4. The maximum absolute atomic E-state index is 12.8. The van der Waals surface area contributed by atoms with E-state index < -0.39 is 5.91 Å². The minimum Gasteiger partial charge on any atom is -0.376 e. The summed E-state index contributed by atoms with van der Waals surface area (Å²) < 4.78 is 8.94. The van der Waals surface area contributed by atoms with E-state index in [1.54, 1.807) is 46.6 Å². The van der Waals surface area contributed by atoms with E-state index in [9.17, 15) is 9.59 Å². The van der Waals surface area contributed by atoms with Crippen LogP contribution >= 0.6 is 0 Å². The van der Waals surface area contributed by atoms with Gasteiger partial charge >= 0.3 is 0 Å². The van der Waals surface area contributed by atoms with Crippen molar-refractivity contribution in [1.82, 2.24) is 24.3 Å². The van der Waals surface area contributed by atoms with E-state index >= 15 is 0 Å². The lowest BCUT2D eigenvalue weighted by Gasteiger charge is -2.14. The predicted octanol–water partition coefficient (Wildman–Crippen LogP) is 1.31. The quantitative estimate of drug-likeness (QED) is 0.734. The molecule has 0 aromatic carbocycles. The average Bonchev–Trinajstić information content (AvgIpc) is 3.31. The highest BCUT2D eigenvalue weighted by molar-refractivity contribution is 5.95. The van der Waals surface area contributed by atoms with Crippen LogP contribution in [-0.2, 0) is 17.8 Å². The highest BCUT2D eigenvalue weighted by Gasteiger charge is 2.20. The van der Waals surface area contributed by atoms with Crippen molar-refractivity contribution < 1.29 is 9.53 Å². The number of nitrogens with zero attached hydrogens (tertiary/aromatic N) is 4. The number of aromatic nitrogens is 4. The van der Waals surface area contributed by atoms with Gasteiger partial charge in [-0.3, -0.25) is 14.0 Å². The number of ether oxygens (including phenoxy) is 1. The van der Waals surface area contributed by atoms with Gasteiger partial charge in [0.2, 0.25) is 5.78 Å². The smallest absolute Gasteiger partial charge is 0.263 e. The highest BCUT2D eigenvalue weighted by atomic mass is 16.5. The Morgan fingerprint density at radius 1 is 1.41 bits per heavy atom. The first-order valence-electron chi connectivity index (χ1n) is 9.00. The molecule has 3 aromatic rings. The molecule has 1 saturated heterocycles. The molecule has 1 aliphatic heterocycles. The molecule has 0 bridgehead atoms. The first-order valence-corrected chi connectivity index (χ1v) is 9.00. The van der Waals surface area contributed by atoms with E-state index in [1.807, 2.05) is 6.20 Å². The van der Waals surface area contributed by atoms with Crippen LogP contribution in [0.2, 0.25) is 0 Å². The second-order valence-electron chi connectivity index (χ2n) is 6.71. The third kappa shape index (κ3) is 3.61. The Hall–Kier alpha value is -3.00. The number of carbonyl (C=O) groups excluding carboxylic acids is 1. The van der Waals surface area contributed by atoms with E-state index in [1.165, 1.54) is 0 Å². The third-order valence-electron chi connectivity index (χ3n) is 4.74. The van der Waals surface area contributed by atoms with Crippen molar-refractivity contribution in [2.45, 2.75) is 39.0 Å². The molecule has 0 spiro atoms. The molecule has 1 unspecified atom stereocenters. The van der Waals surface area contributed by atoms with Crippen molar-refractivity contribution in [3.63, 3.8) is 0 Å². The summed E-state index contributed by atoms with van der Waals surface area (Å²) in [5, 5.41) is 2.79. The van der Waals surface area contributed by atoms with Crippen LogP contribution in [-0.4, -0.2) is 37.6 Å². The third-order valence-corrected chi connectivity index (χ3v) is 4.74. The van der Waals surface area contributed by atoms with Gasteiger partial charge in [-0.1, -0.05) is 0 Å². The second kappa shape index (κ2) is 7.32. The summed E-state index contributed by atoms with van der Waals surface area (Å²) >= 11 is 0. The SMILES string of the molecule is Cc1ccn(CC2CCCO2)c(=O)c1C(=O)NCc1cn2cccnc2n1. The number of rotatable bonds is 5. The van der Waals surface area contributed by atoms with Gasteiger partial charge in [-0.15, -0.1) is 0 Å². The van der Waals surface area contributed by atoms with Crippen LogP contribution in [0.15, 0.2) is 41.7 Å². The van der Waals surface area contributed by atoms with Crippen LogP contribution in [0.25, 0.3) is 5.78 Å². The fourth-order valence-corrected chi connectivity index (χ4v) is 3.32. The molecule has 27 heavy (non-hydrogen) atoms. The van der Waals surface area contributed by atoms with Crippen molar-refractivity contribution in [3.05, 3.63) is 64.1 Å². The number of imidazole rings is 1. The molecule has 3 aromatic heterocycles. The number of nitrogens with one attached hydrogen (secondary N) is 1. The van der Waals surface area contributed by atoms with Crippen LogP contribution < -0.4 is 10.9 Å². The van der Waals surface area contributed by atoms with Gasteiger partial charge in [0, 0.05) is 31.4 Å². The molecular weight excluding hydrogens is 346 g/mol. The number of aryl methyl sites for hydroxylation is 1. The highest BCUT2D eigenvalue weighted by Crippen LogP contribution is 2.14. The molecule has 1 atom stereocenters. The van der Waals surface area contributed by atoms with Crippen LogP contribution in [0.5, 0.6) is 0 Å². The van der Waals surface area contributed by atoms with E-state index in [-0.39, 0.29) is 23.8 Å². The molecule has 4 rings (SSSR count). The zero-order valence-corrected chi connectivity index (χ0v) is 15.1. The summed E-state index contributed by atoms with van der Waals surface area (Å²) in [5.41, 5.74) is 1.20. The van der Waals surface area contributed by atoms with Crippen LogP contribution in [0, 0.1) is 6.92 Å². The monoisotopic (exact) mass is 367 g/mol. The number of pyridine rings is 1. The fraction of sp³-hybridized carbons (Fsp3) is 0.368. The van der Waals surface area contributed by atoms with E-state index in [4.69, 9.17) is 4.74 Å². The van der Waals surface area contributed by atoms with E-state index in [2.05, 4.69) is 15.3 Å². The van der Waals surface area contributed by atoms with Crippen LogP contribution in [0.4, 0.5) is 0 Å². The van der Waals surface area contributed by atoms with E-state index in [0.29, 0.717) is 23.6 Å². The Labute approximate surface area is 155 Å². The zero-order valence-electron chi connectivity index (χ0n) is 15.1. The summed E-state index contributed by atoms with van der Waals surface area (Å²) in [6, 6.07) is 3.60. The molecule has 0 radical (unpaired) electrons. The maximum atomic E-state index is 12.8. The molecule has 1 N–H and O–H groups in total. The summed E-state index contributed by atoms with van der Waals surface area (Å²) in [6.45, 7) is 3.19. The molecular formula is C19H21N5O3. The lowest BCUT2D eigenvalue weighted by Crippen LogP contribution is -2.35. The van der Waals surface area contributed by atoms with Gasteiger partial charge < -0.3 is 14.6 Å². The van der Waals surface area contributed by atoms with Gasteiger partial charge in [-0.25, -0.2) is 9.97 Å². The normalized spacial score (nSPS) is 16.7. The summed E-state index contributed by atoms with van der Waals surface area (Å²) in [7, 11) is 0. The first-order chi connectivity index (χ1) is 13.1. The van der Waals surface area contributed by atoms with Gasteiger partial charge in [0.05, 0.1) is 24.9 Å². The Kier molecular flexibility index (Phi) is 4.72. The number of fused-ring (bicyclic) bond motifs is 1. The molecule has 8 nitrogen and oxygen atoms in total. The molecule has 8 heteroatoms. The van der Waals surface area contributed by atoms with Crippen LogP contribution in [0.1, 0.15) is 34.5 Å². The fourth-order valence-electron chi connectivity index (χ4n) is 3.32. The zero-order chi connectivity index (χ0) is 18.8. The summed E-state index contributed by atoms with van der Waals surface area (Å²) in [6.07, 6.45) is 9.00. The van der Waals surface area contributed by atoms with Crippen molar-refractivity contribution in [2.75, 3.05) is 6.61 Å². The topological polar surface area (TPSA) is 90.5 Å². The lowest BCUT2D eigenvalue weighted by atomic mass is 10.1. The maximum Gasteiger partial charge on any atom is 0.263 e.